The lowest BCUT2D eigenvalue weighted by Crippen LogP contribution is -2.62. The molecule has 0 aromatic heterocycles. The molecule has 6 rings (SSSR count). The second-order valence-corrected chi connectivity index (χ2v) is 8.67. The van der Waals surface area contributed by atoms with Gasteiger partial charge in [0.1, 0.15) is 5.78 Å². The molecule has 9 unspecified atom stereocenters. The van der Waals surface area contributed by atoms with Gasteiger partial charge in [-0.15, -0.1) is 0 Å². The summed E-state index contributed by atoms with van der Waals surface area (Å²) in [5, 5.41) is 10.7. The molecule has 0 aromatic carbocycles. The molecule has 0 radical (unpaired) electrons. The molecule has 3 aliphatic carbocycles. The maximum Gasteiger partial charge on any atom is 0.144 e. The van der Waals surface area contributed by atoms with Crippen molar-refractivity contribution in [3.63, 3.8) is 0 Å². The van der Waals surface area contributed by atoms with Gasteiger partial charge in [-0.05, 0) is 51.0 Å². The molecule has 21 heavy (non-hydrogen) atoms. The van der Waals surface area contributed by atoms with E-state index in [1.165, 1.54) is 12.8 Å². The first-order valence-electron chi connectivity index (χ1n) is 8.84. The summed E-state index contributed by atoms with van der Waals surface area (Å²) in [7, 11) is 2.25. The Hall–Kier alpha value is -0.450. The van der Waals surface area contributed by atoms with Crippen LogP contribution in [0.5, 0.6) is 0 Å². The van der Waals surface area contributed by atoms with Crippen molar-refractivity contribution in [3.05, 3.63) is 0 Å². The molecule has 0 amide bonds. The van der Waals surface area contributed by atoms with Crippen molar-refractivity contribution in [2.75, 3.05) is 13.6 Å². The minimum Gasteiger partial charge on any atom is -0.392 e. The van der Waals surface area contributed by atoms with Crippen LogP contribution in [0.4, 0.5) is 0 Å². The minimum absolute atomic E-state index is 0.00311. The zero-order valence-corrected chi connectivity index (χ0v) is 12.6. The van der Waals surface area contributed by atoms with Gasteiger partial charge in [0.25, 0.3) is 0 Å². The summed E-state index contributed by atoms with van der Waals surface area (Å²) in [6.07, 6.45) is 6.14. The fraction of sp³-hybridized carbons (Fsp3) is 0.941. The molecular formula is C17H24N2O2. The Balaban J connectivity index is 1.59. The molecule has 4 heteroatoms. The predicted octanol–water partition coefficient (Wildman–Crippen LogP) is 0.697. The number of carbonyl (C=O) groups excluding carboxylic acids is 1. The summed E-state index contributed by atoms with van der Waals surface area (Å²) < 4.78 is 0. The van der Waals surface area contributed by atoms with Crippen LogP contribution in [-0.2, 0) is 4.79 Å². The number of Topliss-reactive ketones (excluding diaryl/α,β-unsaturated/α-hetero) is 1. The van der Waals surface area contributed by atoms with Gasteiger partial charge in [-0.2, -0.15) is 0 Å². The van der Waals surface area contributed by atoms with Gasteiger partial charge >= 0.3 is 0 Å². The molecular weight excluding hydrogens is 264 g/mol. The smallest absolute Gasteiger partial charge is 0.144 e. The maximum atomic E-state index is 13.2. The lowest BCUT2D eigenvalue weighted by Gasteiger charge is -2.55. The molecule has 4 bridgehead atoms. The molecule has 1 N–H and O–H groups in total. The van der Waals surface area contributed by atoms with Gasteiger partial charge in [0.2, 0.25) is 0 Å². The molecule has 9 atom stereocenters. The van der Waals surface area contributed by atoms with Crippen molar-refractivity contribution in [3.8, 4) is 0 Å². The molecule has 1 spiro atoms. The van der Waals surface area contributed by atoms with Crippen molar-refractivity contribution in [1.82, 2.24) is 9.80 Å². The SMILES string of the molecule is CN1CCC2C3C(=O)C4C(O)C5CC4C34CCC1N2C4C5. The Morgan fingerprint density at radius 3 is 3.00 bits per heavy atom. The van der Waals surface area contributed by atoms with Crippen molar-refractivity contribution >= 4 is 5.78 Å². The number of aliphatic hydroxyl groups excluding tert-OH is 1. The lowest BCUT2D eigenvalue weighted by atomic mass is 9.59. The summed E-state index contributed by atoms with van der Waals surface area (Å²) in [6.45, 7) is 1.14. The molecule has 3 saturated carbocycles. The van der Waals surface area contributed by atoms with E-state index in [-0.39, 0.29) is 23.4 Å². The normalized spacial score (nSPS) is 64.4. The van der Waals surface area contributed by atoms with Crippen molar-refractivity contribution < 1.29 is 9.90 Å². The second kappa shape index (κ2) is 3.39. The van der Waals surface area contributed by atoms with E-state index >= 15 is 0 Å². The van der Waals surface area contributed by atoms with E-state index in [0.29, 0.717) is 35.9 Å². The van der Waals surface area contributed by atoms with Crippen LogP contribution in [0.25, 0.3) is 0 Å². The van der Waals surface area contributed by atoms with Gasteiger partial charge in [0.15, 0.2) is 0 Å². The van der Waals surface area contributed by atoms with Crippen LogP contribution in [0.2, 0.25) is 0 Å². The number of fused-ring (bicyclic) bond motifs is 2. The second-order valence-electron chi connectivity index (χ2n) is 8.67. The van der Waals surface area contributed by atoms with E-state index in [0.717, 1.165) is 25.8 Å². The summed E-state index contributed by atoms with van der Waals surface area (Å²) in [4.78, 5) is 18.4. The van der Waals surface area contributed by atoms with Crippen LogP contribution in [0.1, 0.15) is 32.1 Å². The van der Waals surface area contributed by atoms with Crippen LogP contribution in [0.3, 0.4) is 0 Å². The first-order valence-corrected chi connectivity index (χ1v) is 8.84. The topological polar surface area (TPSA) is 43.8 Å². The molecule has 6 fully saturated rings. The van der Waals surface area contributed by atoms with Crippen LogP contribution >= 0.6 is 0 Å². The third kappa shape index (κ3) is 1.03. The number of rotatable bonds is 0. The summed E-state index contributed by atoms with van der Waals surface area (Å²) in [6, 6.07) is 1.08. The molecule has 6 aliphatic rings. The van der Waals surface area contributed by atoms with Crippen molar-refractivity contribution in [1.29, 1.82) is 0 Å². The number of hydrogen-bond donors (Lipinski definition) is 1. The van der Waals surface area contributed by atoms with Crippen LogP contribution in [-0.4, -0.2) is 58.6 Å². The molecule has 4 nitrogen and oxygen atoms in total. The number of carbonyl (C=O) groups is 1. The quantitative estimate of drug-likeness (QED) is 0.712. The number of ketones is 1. The van der Waals surface area contributed by atoms with Gasteiger partial charge in [-0.1, -0.05) is 0 Å². The van der Waals surface area contributed by atoms with E-state index in [2.05, 4.69) is 16.8 Å². The van der Waals surface area contributed by atoms with E-state index in [4.69, 9.17) is 0 Å². The zero-order valence-electron chi connectivity index (χ0n) is 12.6. The van der Waals surface area contributed by atoms with Gasteiger partial charge in [-0.3, -0.25) is 14.6 Å². The summed E-state index contributed by atoms with van der Waals surface area (Å²) in [5.41, 5.74) is 0.252. The van der Waals surface area contributed by atoms with Crippen molar-refractivity contribution in [2.24, 2.45) is 29.1 Å². The number of hydrogen-bond acceptors (Lipinski definition) is 4. The number of aliphatic hydroxyl groups is 1. The predicted molar refractivity (Wildman–Crippen MR) is 76.3 cm³/mol. The summed E-state index contributed by atoms with van der Waals surface area (Å²) >= 11 is 0. The number of nitrogens with zero attached hydrogens (tertiary/aromatic N) is 2. The maximum absolute atomic E-state index is 13.2. The standard InChI is InChI=1S/C17H24N2O2/c1-18-5-3-10-14-16(21)13-9-6-8(15(13)20)7-11-17(9,14)4-2-12(18)19(10)11/h8-15,20H,2-7H2,1H3. The fourth-order valence-corrected chi connectivity index (χ4v) is 8.03. The highest BCUT2D eigenvalue weighted by molar-refractivity contribution is 5.90. The van der Waals surface area contributed by atoms with Crippen LogP contribution < -0.4 is 0 Å². The zero-order chi connectivity index (χ0) is 14.1. The highest BCUT2D eigenvalue weighted by Crippen LogP contribution is 2.73. The van der Waals surface area contributed by atoms with Crippen LogP contribution in [0.15, 0.2) is 0 Å². The average Bonchev–Trinajstić information content (AvgIpc) is 2.99. The molecule has 114 valence electrons. The molecule has 3 aliphatic heterocycles. The van der Waals surface area contributed by atoms with Gasteiger partial charge in [-0.25, -0.2) is 0 Å². The molecule has 3 heterocycles. The highest BCUT2D eigenvalue weighted by atomic mass is 16.3. The fourth-order valence-electron chi connectivity index (χ4n) is 8.03. The third-order valence-electron chi connectivity index (χ3n) is 8.49. The Morgan fingerprint density at radius 1 is 1.29 bits per heavy atom. The Labute approximate surface area is 125 Å². The van der Waals surface area contributed by atoms with Crippen LogP contribution in [0, 0.1) is 29.1 Å². The van der Waals surface area contributed by atoms with E-state index in [9.17, 15) is 9.90 Å². The first kappa shape index (κ1) is 12.0. The van der Waals surface area contributed by atoms with E-state index in [1.54, 1.807) is 0 Å². The molecule has 0 aromatic rings. The Morgan fingerprint density at radius 2 is 2.14 bits per heavy atom. The summed E-state index contributed by atoms with van der Waals surface area (Å²) in [5.74, 6) is 1.62. The van der Waals surface area contributed by atoms with Gasteiger partial charge in [0.05, 0.1) is 12.3 Å². The minimum atomic E-state index is -0.326. The Kier molecular flexibility index (Phi) is 1.94. The van der Waals surface area contributed by atoms with Crippen molar-refractivity contribution in [2.45, 2.75) is 56.5 Å². The van der Waals surface area contributed by atoms with Gasteiger partial charge in [0, 0.05) is 35.9 Å². The van der Waals surface area contributed by atoms with E-state index in [1.807, 2.05) is 0 Å². The third-order valence-corrected chi connectivity index (χ3v) is 8.49. The monoisotopic (exact) mass is 288 g/mol. The highest BCUT2D eigenvalue weighted by Gasteiger charge is 2.78. The lowest BCUT2D eigenvalue weighted by molar-refractivity contribution is -0.129. The first-order chi connectivity index (χ1) is 10.1. The van der Waals surface area contributed by atoms with Gasteiger partial charge < -0.3 is 5.11 Å². The number of piperidine rings is 1. The van der Waals surface area contributed by atoms with E-state index < -0.39 is 0 Å². The Bertz CT molecular complexity index is 551. The largest absolute Gasteiger partial charge is 0.392 e. The average molecular weight is 288 g/mol. The molecule has 3 saturated heterocycles.